The Morgan fingerprint density at radius 3 is 2.71 bits per heavy atom. The molecule has 1 aromatic carbocycles. The van der Waals surface area contributed by atoms with Crippen molar-refractivity contribution in [2.75, 3.05) is 0 Å². The molecule has 0 amide bonds. The van der Waals surface area contributed by atoms with Crippen molar-refractivity contribution in [3.63, 3.8) is 0 Å². The van der Waals surface area contributed by atoms with E-state index in [2.05, 4.69) is 23.6 Å². The van der Waals surface area contributed by atoms with Crippen LogP contribution in [0.4, 0.5) is 0 Å². The Balaban J connectivity index is 1.97. The third-order valence-electron chi connectivity index (χ3n) is 2.98. The monoisotopic (exact) mass is 324 g/mol. The summed E-state index contributed by atoms with van der Waals surface area (Å²) in [5.41, 5.74) is 2.63. The molecule has 0 spiro atoms. The molecule has 0 fully saturated rings. The van der Waals surface area contributed by atoms with Crippen molar-refractivity contribution in [3.05, 3.63) is 51.5 Å². The molecule has 0 saturated carbocycles. The molecule has 1 heterocycles. The van der Waals surface area contributed by atoms with Gasteiger partial charge in [-0.2, -0.15) is 0 Å². The Morgan fingerprint density at radius 2 is 2.10 bits per heavy atom. The molecule has 0 aliphatic heterocycles. The van der Waals surface area contributed by atoms with E-state index >= 15 is 0 Å². The van der Waals surface area contributed by atoms with Crippen LogP contribution in [-0.2, 0) is 22.3 Å². The van der Waals surface area contributed by atoms with Crippen molar-refractivity contribution >= 4 is 21.4 Å². The molecule has 4 nitrogen and oxygen atoms in total. The quantitative estimate of drug-likeness (QED) is 0.887. The summed E-state index contributed by atoms with van der Waals surface area (Å²) in [5.74, 6) is 0.364. The van der Waals surface area contributed by atoms with Gasteiger partial charge in [-0.05, 0) is 12.5 Å². The van der Waals surface area contributed by atoms with E-state index in [1.54, 1.807) is 11.3 Å². The van der Waals surface area contributed by atoms with Crippen molar-refractivity contribution in [3.8, 4) is 0 Å². The highest BCUT2D eigenvalue weighted by molar-refractivity contribution is 7.88. The van der Waals surface area contributed by atoms with Crippen molar-refractivity contribution in [2.24, 2.45) is 0 Å². The summed E-state index contributed by atoms with van der Waals surface area (Å²) < 4.78 is 26.8. The Bertz CT molecular complexity index is 706. The van der Waals surface area contributed by atoms with Gasteiger partial charge >= 0.3 is 0 Å². The zero-order chi connectivity index (χ0) is 15.5. The lowest BCUT2D eigenvalue weighted by Gasteiger charge is -2.06. The van der Waals surface area contributed by atoms with Gasteiger partial charge in [0.15, 0.2) is 0 Å². The average Bonchev–Trinajstić information content (AvgIpc) is 2.85. The number of sulfonamides is 1. The molecule has 0 unspecified atom stereocenters. The minimum absolute atomic E-state index is 0.00411. The van der Waals surface area contributed by atoms with Gasteiger partial charge in [0.25, 0.3) is 0 Å². The summed E-state index contributed by atoms with van der Waals surface area (Å²) >= 11 is 1.57. The molecular formula is C15H20N2O2S2. The minimum Gasteiger partial charge on any atom is -0.245 e. The van der Waals surface area contributed by atoms with Crippen LogP contribution in [-0.4, -0.2) is 13.4 Å². The number of aryl methyl sites for hydroxylation is 1. The Morgan fingerprint density at radius 1 is 1.33 bits per heavy atom. The van der Waals surface area contributed by atoms with E-state index < -0.39 is 10.0 Å². The molecule has 0 aliphatic rings. The fourth-order valence-corrected chi connectivity index (χ4v) is 3.85. The lowest BCUT2D eigenvalue weighted by Crippen LogP contribution is -2.24. The predicted octanol–water partition coefficient (Wildman–Crippen LogP) is 3.19. The Labute approximate surface area is 130 Å². The molecule has 0 atom stereocenters. The highest BCUT2D eigenvalue weighted by atomic mass is 32.2. The first-order valence-corrected chi connectivity index (χ1v) is 9.36. The minimum atomic E-state index is -3.35. The van der Waals surface area contributed by atoms with E-state index in [4.69, 9.17) is 0 Å². The molecule has 1 N–H and O–H groups in total. The number of hydrogen-bond donors (Lipinski definition) is 1. The topological polar surface area (TPSA) is 59.1 Å². The fraction of sp³-hybridized carbons (Fsp3) is 0.400. The predicted molar refractivity (Wildman–Crippen MR) is 86.8 cm³/mol. The van der Waals surface area contributed by atoms with Gasteiger partial charge in [0.2, 0.25) is 10.0 Å². The number of benzene rings is 1. The number of aromatic nitrogens is 1. The van der Waals surface area contributed by atoms with Crippen LogP contribution in [0.25, 0.3) is 0 Å². The van der Waals surface area contributed by atoms with E-state index in [1.165, 1.54) is 0 Å². The first-order chi connectivity index (χ1) is 9.85. The van der Waals surface area contributed by atoms with Gasteiger partial charge in [-0.3, -0.25) is 0 Å². The normalized spacial score (nSPS) is 12.0. The molecule has 6 heteroatoms. The van der Waals surface area contributed by atoms with Crippen molar-refractivity contribution in [1.29, 1.82) is 0 Å². The van der Waals surface area contributed by atoms with E-state index in [1.807, 2.05) is 36.6 Å². The van der Waals surface area contributed by atoms with Crippen LogP contribution in [0.3, 0.4) is 0 Å². The fourth-order valence-electron chi connectivity index (χ4n) is 1.93. The summed E-state index contributed by atoms with van der Waals surface area (Å²) in [6, 6.07) is 7.53. The third kappa shape index (κ3) is 4.91. The third-order valence-corrected chi connectivity index (χ3v) is 5.47. The molecule has 0 aliphatic carbocycles. The Kier molecular flexibility index (Phi) is 5.13. The molecule has 2 rings (SSSR count). The van der Waals surface area contributed by atoms with Gasteiger partial charge in [0, 0.05) is 11.3 Å². The highest BCUT2D eigenvalue weighted by Gasteiger charge is 2.13. The number of rotatable bonds is 6. The number of thiazole rings is 1. The maximum atomic E-state index is 12.1. The maximum absolute atomic E-state index is 12.1. The standard InChI is InChI=1S/C15H20N2O2S2/c1-11(2)15-17-14(9-20-15)8-16-21(18,19)10-13-6-4-5-12(3)7-13/h4-7,9,11,16H,8,10H2,1-3H3. The summed E-state index contributed by atoms with van der Waals surface area (Å²) in [6.07, 6.45) is 0. The van der Waals surface area contributed by atoms with Gasteiger partial charge in [0.05, 0.1) is 23.0 Å². The summed E-state index contributed by atoms with van der Waals surface area (Å²) in [7, 11) is -3.35. The van der Waals surface area contributed by atoms with Crippen molar-refractivity contribution in [2.45, 2.75) is 39.0 Å². The van der Waals surface area contributed by atoms with Gasteiger partial charge in [-0.1, -0.05) is 43.7 Å². The van der Waals surface area contributed by atoms with Crippen LogP contribution in [0.15, 0.2) is 29.6 Å². The Hall–Kier alpha value is -1.24. The smallest absolute Gasteiger partial charge is 0.216 e. The van der Waals surface area contributed by atoms with E-state index in [0.29, 0.717) is 5.92 Å². The zero-order valence-electron chi connectivity index (χ0n) is 12.5. The van der Waals surface area contributed by atoms with Crippen LogP contribution in [0.5, 0.6) is 0 Å². The second-order valence-electron chi connectivity index (χ2n) is 5.40. The summed E-state index contributed by atoms with van der Waals surface area (Å²) in [4.78, 5) is 4.43. The molecule has 0 bridgehead atoms. The largest absolute Gasteiger partial charge is 0.245 e. The number of nitrogens with one attached hydrogen (secondary N) is 1. The van der Waals surface area contributed by atoms with Crippen LogP contribution in [0, 0.1) is 6.92 Å². The van der Waals surface area contributed by atoms with Crippen LogP contribution in [0.1, 0.15) is 41.6 Å². The molecular weight excluding hydrogens is 304 g/mol. The summed E-state index contributed by atoms with van der Waals surface area (Å²) in [5, 5.41) is 2.94. The molecule has 0 saturated heterocycles. The molecule has 1 aromatic heterocycles. The molecule has 0 radical (unpaired) electrons. The van der Waals surface area contributed by atoms with Gasteiger partial charge in [-0.25, -0.2) is 18.1 Å². The van der Waals surface area contributed by atoms with Crippen LogP contribution >= 0.6 is 11.3 Å². The van der Waals surface area contributed by atoms with Gasteiger partial charge in [0.1, 0.15) is 0 Å². The van der Waals surface area contributed by atoms with E-state index in [-0.39, 0.29) is 12.3 Å². The highest BCUT2D eigenvalue weighted by Crippen LogP contribution is 2.19. The van der Waals surface area contributed by atoms with E-state index in [9.17, 15) is 8.42 Å². The lowest BCUT2D eigenvalue weighted by molar-refractivity contribution is 0.579. The molecule has 21 heavy (non-hydrogen) atoms. The van der Waals surface area contributed by atoms with E-state index in [0.717, 1.165) is 21.8 Å². The van der Waals surface area contributed by atoms with Crippen molar-refractivity contribution < 1.29 is 8.42 Å². The first-order valence-electron chi connectivity index (χ1n) is 6.83. The zero-order valence-corrected chi connectivity index (χ0v) is 14.1. The first kappa shape index (κ1) is 16.1. The second kappa shape index (κ2) is 6.68. The van der Waals surface area contributed by atoms with Crippen molar-refractivity contribution in [1.82, 2.24) is 9.71 Å². The van der Waals surface area contributed by atoms with Crippen LogP contribution in [0.2, 0.25) is 0 Å². The molecule has 114 valence electrons. The average molecular weight is 324 g/mol. The summed E-state index contributed by atoms with van der Waals surface area (Å²) in [6.45, 7) is 6.35. The lowest BCUT2D eigenvalue weighted by atomic mass is 10.2. The van der Waals surface area contributed by atoms with Gasteiger partial charge < -0.3 is 0 Å². The number of hydrogen-bond acceptors (Lipinski definition) is 4. The van der Waals surface area contributed by atoms with Crippen LogP contribution < -0.4 is 4.72 Å². The maximum Gasteiger partial charge on any atom is 0.216 e. The number of nitrogens with zero attached hydrogens (tertiary/aromatic N) is 1. The second-order valence-corrected chi connectivity index (χ2v) is 8.10. The molecule has 2 aromatic rings. The SMILES string of the molecule is Cc1cccc(CS(=O)(=O)NCc2csc(C(C)C)n2)c1. The van der Waals surface area contributed by atoms with Gasteiger partial charge in [-0.15, -0.1) is 11.3 Å².